The third kappa shape index (κ3) is 2.49. The van der Waals surface area contributed by atoms with Crippen molar-refractivity contribution in [3.05, 3.63) is 35.5 Å². The van der Waals surface area contributed by atoms with Crippen LogP contribution in [-0.4, -0.2) is 16.0 Å². The van der Waals surface area contributed by atoms with Crippen LogP contribution in [-0.2, 0) is 11.2 Å². The van der Waals surface area contributed by atoms with Gasteiger partial charge in [0.2, 0.25) is 11.8 Å². The second-order valence-electron chi connectivity index (χ2n) is 4.97. The maximum absolute atomic E-state index is 11.3. The Labute approximate surface area is 116 Å². The third-order valence-corrected chi connectivity index (χ3v) is 3.30. The summed E-state index contributed by atoms with van der Waals surface area (Å²) in [6.07, 6.45) is 1.31. The molecule has 6 nitrogen and oxygen atoms in total. The SMILES string of the molecule is Cc1noc([C@H](C)Nc2ccc3c(c2)CCC(=O)N3)n1. The summed E-state index contributed by atoms with van der Waals surface area (Å²) in [5, 5.41) is 9.98. The molecule has 0 unspecified atom stereocenters. The van der Waals surface area contributed by atoms with Gasteiger partial charge in [0.15, 0.2) is 5.82 Å². The number of nitrogens with zero attached hydrogens (tertiary/aromatic N) is 2. The summed E-state index contributed by atoms with van der Waals surface area (Å²) >= 11 is 0. The summed E-state index contributed by atoms with van der Waals surface area (Å²) in [5.41, 5.74) is 3.01. The first kappa shape index (κ1) is 12.7. The number of aromatic nitrogens is 2. The normalized spacial score (nSPS) is 15.4. The standard InChI is InChI=1S/C14H16N4O2/c1-8(14-16-9(2)18-20-14)15-11-4-5-12-10(7-11)3-6-13(19)17-12/h4-5,7-8,15H,3,6H2,1-2H3,(H,17,19)/t8-/m0/s1. The van der Waals surface area contributed by atoms with E-state index in [-0.39, 0.29) is 11.9 Å². The van der Waals surface area contributed by atoms with E-state index in [1.54, 1.807) is 6.92 Å². The number of aryl methyl sites for hydroxylation is 2. The van der Waals surface area contributed by atoms with E-state index in [0.717, 1.165) is 23.4 Å². The van der Waals surface area contributed by atoms with Gasteiger partial charge < -0.3 is 15.2 Å². The Hall–Kier alpha value is -2.37. The van der Waals surface area contributed by atoms with Crippen molar-refractivity contribution >= 4 is 17.3 Å². The van der Waals surface area contributed by atoms with E-state index in [4.69, 9.17) is 4.52 Å². The Balaban J connectivity index is 1.76. The van der Waals surface area contributed by atoms with Crippen LogP contribution in [0.1, 0.15) is 36.7 Å². The number of hydrogen-bond donors (Lipinski definition) is 2. The Morgan fingerprint density at radius 1 is 1.40 bits per heavy atom. The lowest BCUT2D eigenvalue weighted by Crippen LogP contribution is -2.19. The molecule has 1 amide bonds. The molecule has 0 bridgehead atoms. The first-order chi connectivity index (χ1) is 9.61. The monoisotopic (exact) mass is 272 g/mol. The van der Waals surface area contributed by atoms with Crippen LogP contribution in [0.15, 0.2) is 22.7 Å². The third-order valence-electron chi connectivity index (χ3n) is 3.30. The molecule has 104 valence electrons. The summed E-state index contributed by atoms with van der Waals surface area (Å²) in [6, 6.07) is 5.84. The largest absolute Gasteiger partial charge is 0.374 e. The van der Waals surface area contributed by atoms with Crippen molar-refractivity contribution in [1.82, 2.24) is 10.1 Å². The van der Waals surface area contributed by atoms with Gasteiger partial charge in [-0.2, -0.15) is 4.98 Å². The van der Waals surface area contributed by atoms with Gasteiger partial charge >= 0.3 is 0 Å². The molecule has 1 aromatic heterocycles. The van der Waals surface area contributed by atoms with E-state index >= 15 is 0 Å². The van der Waals surface area contributed by atoms with Gasteiger partial charge in [-0.25, -0.2) is 0 Å². The molecule has 1 aliphatic rings. The fraction of sp³-hybridized carbons (Fsp3) is 0.357. The van der Waals surface area contributed by atoms with Crippen molar-refractivity contribution in [1.29, 1.82) is 0 Å². The molecule has 1 aliphatic heterocycles. The first-order valence-electron chi connectivity index (χ1n) is 6.61. The highest BCUT2D eigenvalue weighted by atomic mass is 16.5. The molecule has 0 spiro atoms. The van der Waals surface area contributed by atoms with Crippen LogP contribution in [0.25, 0.3) is 0 Å². The molecule has 1 atom stereocenters. The second kappa shape index (κ2) is 4.96. The number of hydrogen-bond acceptors (Lipinski definition) is 5. The Morgan fingerprint density at radius 3 is 3.00 bits per heavy atom. The molecule has 2 N–H and O–H groups in total. The highest BCUT2D eigenvalue weighted by Crippen LogP contribution is 2.27. The summed E-state index contributed by atoms with van der Waals surface area (Å²) in [6.45, 7) is 3.76. The molecule has 0 aliphatic carbocycles. The van der Waals surface area contributed by atoms with Gasteiger partial charge in [-0.3, -0.25) is 4.79 Å². The number of rotatable bonds is 3. The van der Waals surface area contributed by atoms with E-state index in [0.29, 0.717) is 18.1 Å². The van der Waals surface area contributed by atoms with Crippen molar-refractivity contribution < 1.29 is 9.32 Å². The predicted molar refractivity (Wildman–Crippen MR) is 74.5 cm³/mol. The molecule has 0 radical (unpaired) electrons. The molecule has 20 heavy (non-hydrogen) atoms. The zero-order valence-electron chi connectivity index (χ0n) is 11.4. The van der Waals surface area contributed by atoms with Crippen LogP contribution in [0.4, 0.5) is 11.4 Å². The van der Waals surface area contributed by atoms with Crippen molar-refractivity contribution in [2.75, 3.05) is 10.6 Å². The van der Waals surface area contributed by atoms with E-state index in [9.17, 15) is 4.79 Å². The number of amides is 1. The number of benzene rings is 1. The van der Waals surface area contributed by atoms with Crippen molar-refractivity contribution in [2.45, 2.75) is 32.7 Å². The van der Waals surface area contributed by atoms with E-state index < -0.39 is 0 Å². The lowest BCUT2D eigenvalue weighted by atomic mass is 10.0. The first-order valence-corrected chi connectivity index (χ1v) is 6.61. The summed E-state index contributed by atoms with van der Waals surface area (Å²) in [4.78, 5) is 15.5. The van der Waals surface area contributed by atoms with Gasteiger partial charge in [0, 0.05) is 17.8 Å². The number of carbonyl (C=O) groups excluding carboxylic acids is 1. The maximum atomic E-state index is 11.3. The Morgan fingerprint density at radius 2 is 2.25 bits per heavy atom. The lowest BCUT2D eigenvalue weighted by Gasteiger charge is -2.19. The van der Waals surface area contributed by atoms with Crippen LogP contribution < -0.4 is 10.6 Å². The average molecular weight is 272 g/mol. The number of nitrogens with one attached hydrogen (secondary N) is 2. The highest BCUT2D eigenvalue weighted by Gasteiger charge is 2.16. The maximum Gasteiger partial charge on any atom is 0.248 e. The van der Waals surface area contributed by atoms with Crippen molar-refractivity contribution in [2.24, 2.45) is 0 Å². The van der Waals surface area contributed by atoms with Crippen LogP contribution >= 0.6 is 0 Å². The molecule has 3 rings (SSSR count). The zero-order valence-corrected chi connectivity index (χ0v) is 11.4. The van der Waals surface area contributed by atoms with Gasteiger partial charge in [-0.1, -0.05) is 5.16 Å². The lowest BCUT2D eigenvalue weighted by molar-refractivity contribution is -0.116. The number of fused-ring (bicyclic) bond motifs is 1. The topological polar surface area (TPSA) is 80.0 Å². The molecule has 2 aromatic rings. The highest BCUT2D eigenvalue weighted by molar-refractivity contribution is 5.94. The van der Waals surface area contributed by atoms with Gasteiger partial charge in [0.05, 0.1) is 0 Å². The molecule has 0 saturated carbocycles. The van der Waals surface area contributed by atoms with Crippen LogP contribution in [0.5, 0.6) is 0 Å². The Kier molecular flexibility index (Phi) is 3.14. The van der Waals surface area contributed by atoms with Crippen LogP contribution in [0.3, 0.4) is 0 Å². The number of anilines is 2. The van der Waals surface area contributed by atoms with Crippen LogP contribution in [0.2, 0.25) is 0 Å². The number of carbonyl (C=O) groups is 1. The summed E-state index contributed by atoms with van der Waals surface area (Å²) < 4.78 is 5.14. The van der Waals surface area contributed by atoms with Gasteiger partial charge in [0.25, 0.3) is 0 Å². The summed E-state index contributed by atoms with van der Waals surface area (Å²) in [5.74, 6) is 1.27. The molecular weight excluding hydrogens is 256 g/mol. The average Bonchev–Trinajstić information content (AvgIpc) is 2.86. The zero-order chi connectivity index (χ0) is 14.1. The van der Waals surface area contributed by atoms with Crippen molar-refractivity contribution in [3.63, 3.8) is 0 Å². The minimum atomic E-state index is -0.0626. The smallest absolute Gasteiger partial charge is 0.248 e. The minimum absolute atomic E-state index is 0.0626. The summed E-state index contributed by atoms with van der Waals surface area (Å²) in [7, 11) is 0. The minimum Gasteiger partial charge on any atom is -0.374 e. The molecule has 2 heterocycles. The Bertz CT molecular complexity index is 650. The molecule has 0 saturated heterocycles. The van der Waals surface area contributed by atoms with Crippen molar-refractivity contribution in [3.8, 4) is 0 Å². The molecule has 1 aromatic carbocycles. The molecule has 0 fully saturated rings. The fourth-order valence-corrected chi connectivity index (χ4v) is 2.27. The van der Waals surface area contributed by atoms with E-state index in [1.165, 1.54) is 0 Å². The van der Waals surface area contributed by atoms with Crippen LogP contribution in [0, 0.1) is 6.92 Å². The van der Waals surface area contributed by atoms with Gasteiger partial charge in [-0.15, -0.1) is 0 Å². The van der Waals surface area contributed by atoms with E-state index in [2.05, 4.69) is 26.8 Å². The quantitative estimate of drug-likeness (QED) is 0.897. The van der Waals surface area contributed by atoms with Gasteiger partial charge in [-0.05, 0) is 44.0 Å². The van der Waals surface area contributed by atoms with Gasteiger partial charge in [0.1, 0.15) is 6.04 Å². The molecule has 6 heteroatoms. The van der Waals surface area contributed by atoms with E-state index in [1.807, 2.05) is 19.1 Å². The fourth-order valence-electron chi connectivity index (χ4n) is 2.27. The predicted octanol–water partition coefficient (Wildman–Crippen LogP) is 2.44. The second-order valence-corrected chi connectivity index (χ2v) is 4.97. The molecular formula is C14H16N4O2.